The van der Waals surface area contributed by atoms with Crippen LogP contribution in [-0.4, -0.2) is 142 Å². The van der Waals surface area contributed by atoms with Gasteiger partial charge in [0.25, 0.3) is 0 Å². The fourth-order valence-corrected chi connectivity index (χ4v) is 8.17. The molecule has 400 valence electrons. The van der Waals surface area contributed by atoms with Crippen molar-refractivity contribution in [3.05, 3.63) is 48.6 Å². The van der Waals surface area contributed by atoms with Crippen LogP contribution in [0.2, 0.25) is 0 Å². The molecule has 11 unspecified atom stereocenters. The van der Waals surface area contributed by atoms with Gasteiger partial charge in [-0.15, -0.1) is 0 Å². The second-order valence-electron chi connectivity index (χ2n) is 18.7. The summed E-state index contributed by atoms with van der Waals surface area (Å²) in [6.45, 7) is 2.46. The van der Waals surface area contributed by atoms with Crippen molar-refractivity contribution < 1.29 is 73.8 Å². The van der Waals surface area contributed by atoms with Crippen molar-refractivity contribution in [1.29, 1.82) is 0 Å². The van der Waals surface area contributed by atoms with Crippen molar-refractivity contribution in [3.8, 4) is 0 Å². The molecule has 0 amide bonds. The van der Waals surface area contributed by atoms with Gasteiger partial charge in [-0.1, -0.05) is 152 Å². The number of unbranched alkanes of at least 4 members (excludes halogenated alkanes) is 19. The maximum absolute atomic E-state index is 13.0. The summed E-state index contributed by atoms with van der Waals surface area (Å²) in [7, 11) is 0. The molecule has 15 nitrogen and oxygen atoms in total. The van der Waals surface area contributed by atoms with E-state index in [-0.39, 0.29) is 19.4 Å². The molecule has 0 aliphatic carbocycles. The number of rotatable bonds is 41. The minimum Gasteiger partial charge on any atom is -0.462 e. The molecule has 2 heterocycles. The Morgan fingerprint density at radius 2 is 0.913 bits per heavy atom. The molecule has 0 spiro atoms. The third kappa shape index (κ3) is 28.9. The van der Waals surface area contributed by atoms with Gasteiger partial charge in [0.15, 0.2) is 18.7 Å². The molecule has 0 saturated carbocycles. The average Bonchev–Trinajstić information content (AvgIpc) is 3.34. The van der Waals surface area contributed by atoms with E-state index in [1.807, 2.05) is 0 Å². The Morgan fingerprint density at radius 3 is 1.45 bits per heavy atom. The SMILES string of the molecule is CC/C=C\C/C=C\C/C=C\CCCCCCCC(=O)OC(COC(=O)CCCCCCCCC/C=C\CCCCCCCCC)COC1OC(COC2OC(CO)C(O)C(O)C2O)C(O)C(O)C1O. The number of aliphatic hydroxyl groups excluding tert-OH is 7. The van der Waals surface area contributed by atoms with E-state index in [0.717, 1.165) is 83.5 Å². The van der Waals surface area contributed by atoms with Crippen LogP contribution in [0.5, 0.6) is 0 Å². The maximum atomic E-state index is 13.0. The lowest BCUT2D eigenvalue weighted by atomic mass is 9.98. The predicted octanol–water partition coefficient (Wildman–Crippen LogP) is 7.88. The molecule has 2 rings (SSSR count). The van der Waals surface area contributed by atoms with E-state index in [1.165, 1.54) is 64.2 Å². The first-order valence-electron chi connectivity index (χ1n) is 26.7. The van der Waals surface area contributed by atoms with Crippen LogP contribution >= 0.6 is 0 Å². The van der Waals surface area contributed by atoms with E-state index >= 15 is 0 Å². The van der Waals surface area contributed by atoms with Crippen LogP contribution < -0.4 is 0 Å². The molecule has 0 aromatic carbocycles. The minimum atomic E-state index is -1.77. The van der Waals surface area contributed by atoms with Crippen molar-refractivity contribution in [2.24, 2.45) is 0 Å². The summed E-state index contributed by atoms with van der Waals surface area (Å²) in [4.78, 5) is 25.8. The molecule has 2 fully saturated rings. The second kappa shape index (κ2) is 41.0. The Bertz CT molecular complexity index is 1390. The first-order chi connectivity index (χ1) is 33.5. The standard InChI is InChI=1S/C54H94O15/c1-3-5-7-9-11-13-15-17-19-20-21-23-24-26-28-30-32-34-36-45(56)64-39-42(67-46(57)37-35-33-31-29-27-25-22-18-16-14-12-10-8-6-4-2)40-65-53-52(63)50(61)48(59)44(69-53)41-66-54-51(62)49(60)47(58)43(38-55)68-54/h6,8,12,14,18-20,22,42-44,47-55,58-63H,3-5,7,9-11,13,15-17,21,23-41H2,1-2H3/b8-6-,14-12-,20-19-,22-18-. The summed E-state index contributed by atoms with van der Waals surface area (Å²) in [5.41, 5.74) is 0. The van der Waals surface area contributed by atoms with E-state index in [0.29, 0.717) is 12.8 Å². The zero-order valence-corrected chi connectivity index (χ0v) is 42.3. The maximum Gasteiger partial charge on any atom is 0.306 e. The van der Waals surface area contributed by atoms with Crippen molar-refractivity contribution in [2.45, 2.75) is 255 Å². The van der Waals surface area contributed by atoms with E-state index in [2.05, 4.69) is 62.5 Å². The molecule has 0 aromatic heterocycles. The molecule has 11 atom stereocenters. The minimum absolute atomic E-state index is 0.144. The summed E-state index contributed by atoms with van der Waals surface area (Å²) in [6.07, 6.45) is 28.5. The number of ether oxygens (including phenoxy) is 6. The quantitative estimate of drug-likeness (QED) is 0.0176. The first-order valence-corrected chi connectivity index (χ1v) is 26.7. The van der Waals surface area contributed by atoms with Crippen LogP contribution in [0.4, 0.5) is 0 Å². The fraction of sp³-hybridized carbons (Fsp3) is 0.815. The Balaban J connectivity index is 1.80. The second-order valence-corrected chi connectivity index (χ2v) is 18.7. The van der Waals surface area contributed by atoms with Gasteiger partial charge in [-0.3, -0.25) is 9.59 Å². The highest BCUT2D eigenvalue weighted by Crippen LogP contribution is 2.26. The van der Waals surface area contributed by atoms with Gasteiger partial charge >= 0.3 is 11.9 Å². The highest BCUT2D eigenvalue weighted by Gasteiger charge is 2.47. The van der Waals surface area contributed by atoms with Gasteiger partial charge < -0.3 is 64.2 Å². The summed E-state index contributed by atoms with van der Waals surface area (Å²) in [5, 5.41) is 72.1. The topological polar surface area (TPSA) is 231 Å². The summed E-state index contributed by atoms with van der Waals surface area (Å²) >= 11 is 0. The van der Waals surface area contributed by atoms with Gasteiger partial charge in [0.1, 0.15) is 55.4 Å². The number of esters is 2. The number of hydrogen-bond donors (Lipinski definition) is 7. The van der Waals surface area contributed by atoms with Crippen LogP contribution in [0, 0.1) is 0 Å². The molecule has 7 N–H and O–H groups in total. The molecule has 0 radical (unpaired) electrons. The molecular formula is C54H94O15. The van der Waals surface area contributed by atoms with Crippen LogP contribution in [0.15, 0.2) is 48.6 Å². The van der Waals surface area contributed by atoms with Crippen molar-refractivity contribution in [1.82, 2.24) is 0 Å². The zero-order valence-electron chi connectivity index (χ0n) is 42.3. The molecular weight excluding hydrogens is 889 g/mol. The Morgan fingerprint density at radius 1 is 0.478 bits per heavy atom. The Kier molecular flexibility index (Phi) is 37.2. The van der Waals surface area contributed by atoms with Gasteiger partial charge in [-0.25, -0.2) is 0 Å². The number of allylic oxidation sites excluding steroid dienone is 8. The normalized spacial score (nSPS) is 25.9. The zero-order chi connectivity index (χ0) is 50.3. The molecule has 0 aromatic rings. The first kappa shape index (κ1) is 62.6. The highest BCUT2D eigenvalue weighted by atomic mass is 16.7. The van der Waals surface area contributed by atoms with Gasteiger partial charge in [0, 0.05) is 12.8 Å². The lowest BCUT2D eigenvalue weighted by Crippen LogP contribution is -2.61. The smallest absolute Gasteiger partial charge is 0.306 e. The summed E-state index contributed by atoms with van der Waals surface area (Å²) in [5.74, 6) is -0.949. The van der Waals surface area contributed by atoms with E-state index < -0.39 is 99.3 Å². The Labute approximate surface area is 414 Å². The monoisotopic (exact) mass is 983 g/mol. The fourth-order valence-electron chi connectivity index (χ4n) is 8.17. The number of carbonyl (C=O) groups excluding carboxylic acids is 2. The van der Waals surface area contributed by atoms with Crippen molar-refractivity contribution in [2.75, 3.05) is 26.4 Å². The van der Waals surface area contributed by atoms with E-state index in [9.17, 15) is 45.3 Å². The van der Waals surface area contributed by atoms with Crippen LogP contribution in [0.25, 0.3) is 0 Å². The third-order valence-corrected chi connectivity index (χ3v) is 12.5. The van der Waals surface area contributed by atoms with Gasteiger partial charge in [0.05, 0.1) is 19.8 Å². The highest BCUT2D eigenvalue weighted by molar-refractivity contribution is 5.70. The molecule has 2 saturated heterocycles. The molecule has 2 aliphatic rings. The average molecular weight is 983 g/mol. The van der Waals surface area contributed by atoms with Gasteiger partial charge in [-0.2, -0.15) is 0 Å². The van der Waals surface area contributed by atoms with Crippen LogP contribution in [0.3, 0.4) is 0 Å². The lowest BCUT2D eigenvalue weighted by molar-refractivity contribution is -0.332. The molecule has 69 heavy (non-hydrogen) atoms. The lowest BCUT2D eigenvalue weighted by Gasteiger charge is -2.42. The van der Waals surface area contributed by atoms with Crippen LogP contribution in [0.1, 0.15) is 187 Å². The van der Waals surface area contributed by atoms with Crippen molar-refractivity contribution >= 4 is 11.9 Å². The number of hydrogen-bond acceptors (Lipinski definition) is 15. The van der Waals surface area contributed by atoms with Gasteiger partial charge in [-0.05, 0) is 70.6 Å². The van der Waals surface area contributed by atoms with Crippen LogP contribution in [-0.2, 0) is 38.0 Å². The van der Waals surface area contributed by atoms with Gasteiger partial charge in [0.2, 0.25) is 0 Å². The molecule has 0 bridgehead atoms. The third-order valence-electron chi connectivity index (χ3n) is 12.5. The summed E-state index contributed by atoms with van der Waals surface area (Å²) < 4.78 is 33.6. The largest absolute Gasteiger partial charge is 0.462 e. The predicted molar refractivity (Wildman–Crippen MR) is 266 cm³/mol. The molecule has 2 aliphatic heterocycles. The summed E-state index contributed by atoms with van der Waals surface area (Å²) in [6, 6.07) is 0. The Hall–Kier alpha value is -2.54. The van der Waals surface area contributed by atoms with Crippen molar-refractivity contribution in [3.63, 3.8) is 0 Å². The molecule has 15 heteroatoms. The number of carbonyl (C=O) groups is 2. The van der Waals surface area contributed by atoms with E-state index in [1.54, 1.807) is 0 Å². The number of aliphatic hydroxyl groups is 7. The van der Waals surface area contributed by atoms with E-state index in [4.69, 9.17) is 28.4 Å².